The second kappa shape index (κ2) is 6.58. The molecule has 1 N–H and O–H groups in total. The Balaban J connectivity index is 2.61. The van der Waals surface area contributed by atoms with Gasteiger partial charge in [0.15, 0.2) is 0 Å². The molecule has 0 unspecified atom stereocenters. The van der Waals surface area contributed by atoms with Crippen LogP contribution in [0.1, 0.15) is 32.1 Å². The molecule has 98 valence electrons. The normalized spacial score (nSPS) is 21.5. The van der Waals surface area contributed by atoms with Gasteiger partial charge < -0.3 is 9.84 Å². The third-order valence-corrected chi connectivity index (χ3v) is 4.18. The van der Waals surface area contributed by atoms with Gasteiger partial charge >= 0.3 is 0 Å². The van der Waals surface area contributed by atoms with E-state index in [0.717, 1.165) is 12.8 Å². The van der Waals surface area contributed by atoms with Crippen LogP contribution in [-0.2, 0) is 4.74 Å². The number of rotatable bonds is 3. The van der Waals surface area contributed by atoms with Crippen molar-refractivity contribution in [3.8, 4) is 11.5 Å². The van der Waals surface area contributed by atoms with Gasteiger partial charge in [0.2, 0.25) is 0 Å². The summed E-state index contributed by atoms with van der Waals surface area (Å²) in [5.41, 5.74) is 3.30. The van der Waals surface area contributed by atoms with Crippen molar-refractivity contribution in [1.29, 1.82) is 0 Å². The zero-order valence-corrected chi connectivity index (χ0v) is 12.6. The predicted octanol–water partition coefficient (Wildman–Crippen LogP) is 2.82. The van der Waals surface area contributed by atoms with Crippen molar-refractivity contribution >= 4 is 8.07 Å². The molecular weight excluding hydrogens is 228 g/mol. The number of ether oxygens (including phenoxy) is 1. The van der Waals surface area contributed by atoms with Gasteiger partial charge in [-0.25, -0.2) is 0 Å². The lowest BCUT2D eigenvalue weighted by atomic mass is 9.83. The van der Waals surface area contributed by atoms with Crippen molar-refractivity contribution in [2.45, 2.75) is 64.0 Å². The summed E-state index contributed by atoms with van der Waals surface area (Å²) in [6.45, 7) is 6.62. The highest BCUT2D eigenvalue weighted by Gasteiger charge is 2.28. The Labute approximate surface area is 107 Å². The molecule has 3 heteroatoms. The maximum absolute atomic E-state index is 10.3. The fourth-order valence-corrected chi connectivity index (χ4v) is 2.87. The summed E-state index contributed by atoms with van der Waals surface area (Å²) in [5.74, 6) is 3.53. The number of methoxy groups -OCH3 is 1. The fraction of sp³-hybridized carbons (Fsp3) is 0.857. The first-order valence-corrected chi connectivity index (χ1v) is 10.2. The van der Waals surface area contributed by atoms with Crippen LogP contribution in [0.2, 0.25) is 19.6 Å². The third-order valence-electron chi connectivity index (χ3n) is 3.29. The average molecular weight is 254 g/mol. The highest BCUT2D eigenvalue weighted by molar-refractivity contribution is 6.83. The second-order valence-electron chi connectivity index (χ2n) is 6.06. The monoisotopic (exact) mass is 254 g/mol. The molecular formula is C14H26O2Si. The molecule has 0 heterocycles. The smallest absolute Gasteiger partial charge is 0.143 e. The molecule has 0 spiro atoms. The maximum atomic E-state index is 10.3. The Bertz CT molecular complexity index is 279. The van der Waals surface area contributed by atoms with Crippen molar-refractivity contribution in [2.24, 2.45) is 5.92 Å². The fourth-order valence-electron chi connectivity index (χ4n) is 2.29. The van der Waals surface area contributed by atoms with Gasteiger partial charge in [-0.3, -0.25) is 0 Å². The molecule has 1 rings (SSSR count). The highest BCUT2D eigenvalue weighted by Crippen LogP contribution is 2.28. The van der Waals surface area contributed by atoms with E-state index < -0.39 is 14.2 Å². The minimum absolute atomic E-state index is 0.301. The van der Waals surface area contributed by atoms with Crippen LogP contribution in [0.3, 0.4) is 0 Å². The molecule has 2 atom stereocenters. The van der Waals surface area contributed by atoms with E-state index >= 15 is 0 Å². The average Bonchev–Trinajstić information content (AvgIpc) is 2.29. The molecule has 1 aliphatic carbocycles. The molecule has 2 nitrogen and oxygen atoms in total. The third kappa shape index (κ3) is 5.24. The van der Waals surface area contributed by atoms with Crippen LogP contribution < -0.4 is 0 Å². The Hall–Kier alpha value is -0.303. The van der Waals surface area contributed by atoms with Gasteiger partial charge in [0.05, 0.1) is 6.10 Å². The standard InChI is InChI=1S/C14H26O2Si/c1-16-13(10-11-17(2,3)4)14(15)12-8-6-5-7-9-12/h12-15H,5-9H2,1-4H3/t13-,14+/m1/s1. The number of hydrogen-bond donors (Lipinski definition) is 1. The first-order valence-electron chi connectivity index (χ1n) is 6.67. The summed E-state index contributed by atoms with van der Waals surface area (Å²) in [5, 5.41) is 10.3. The molecule has 1 saturated carbocycles. The van der Waals surface area contributed by atoms with E-state index in [1.54, 1.807) is 7.11 Å². The summed E-state index contributed by atoms with van der Waals surface area (Å²) < 4.78 is 5.36. The molecule has 1 fully saturated rings. The van der Waals surface area contributed by atoms with Gasteiger partial charge in [-0.1, -0.05) is 44.8 Å². The summed E-state index contributed by atoms with van der Waals surface area (Å²) in [4.78, 5) is 0. The minimum Gasteiger partial charge on any atom is -0.389 e. The second-order valence-corrected chi connectivity index (χ2v) is 10.8. The van der Waals surface area contributed by atoms with E-state index in [2.05, 4.69) is 31.1 Å². The molecule has 1 aliphatic rings. The van der Waals surface area contributed by atoms with Gasteiger partial charge in [0.25, 0.3) is 0 Å². The molecule has 0 aromatic heterocycles. The van der Waals surface area contributed by atoms with Crippen LogP contribution in [0.5, 0.6) is 0 Å². The molecule has 0 saturated heterocycles. The van der Waals surface area contributed by atoms with Crippen LogP contribution >= 0.6 is 0 Å². The van der Waals surface area contributed by atoms with E-state index in [9.17, 15) is 5.11 Å². The zero-order valence-electron chi connectivity index (χ0n) is 11.6. The number of hydrogen-bond acceptors (Lipinski definition) is 2. The van der Waals surface area contributed by atoms with Crippen molar-refractivity contribution in [1.82, 2.24) is 0 Å². The maximum Gasteiger partial charge on any atom is 0.143 e. The summed E-state index contributed by atoms with van der Waals surface area (Å²) >= 11 is 0. The molecule has 0 amide bonds. The largest absolute Gasteiger partial charge is 0.389 e. The van der Waals surface area contributed by atoms with Crippen LogP contribution in [0.15, 0.2) is 0 Å². The lowest BCUT2D eigenvalue weighted by Gasteiger charge is -2.29. The Morgan fingerprint density at radius 1 is 1.18 bits per heavy atom. The van der Waals surface area contributed by atoms with Crippen LogP contribution in [0.25, 0.3) is 0 Å². The van der Waals surface area contributed by atoms with Crippen molar-refractivity contribution in [2.75, 3.05) is 7.11 Å². The molecule has 0 radical (unpaired) electrons. The van der Waals surface area contributed by atoms with Crippen LogP contribution in [0.4, 0.5) is 0 Å². The van der Waals surface area contributed by atoms with Crippen molar-refractivity contribution in [3.63, 3.8) is 0 Å². The quantitative estimate of drug-likeness (QED) is 0.620. The lowest BCUT2D eigenvalue weighted by molar-refractivity contribution is -0.0207. The molecule has 0 aromatic rings. The number of aliphatic hydroxyl groups is 1. The van der Waals surface area contributed by atoms with E-state index in [0.29, 0.717) is 5.92 Å². The van der Waals surface area contributed by atoms with E-state index in [4.69, 9.17) is 4.74 Å². The first-order chi connectivity index (χ1) is 7.94. The summed E-state index contributed by atoms with van der Waals surface area (Å²) in [6, 6.07) is 0. The van der Waals surface area contributed by atoms with Gasteiger partial charge in [-0.05, 0) is 18.8 Å². The van der Waals surface area contributed by atoms with Crippen LogP contribution in [-0.4, -0.2) is 32.5 Å². The van der Waals surface area contributed by atoms with Gasteiger partial charge in [-0.2, -0.15) is 0 Å². The van der Waals surface area contributed by atoms with E-state index in [-0.39, 0.29) is 6.10 Å². The van der Waals surface area contributed by atoms with Crippen molar-refractivity contribution < 1.29 is 9.84 Å². The zero-order chi connectivity index (χ0) is 12.9. The van der Waals surface area contributed by atoms with Gasteiger partial charge in [-0.15, -0.1) is 5.54 Å². The molecule has 0 bridgehead atoms. The predicted molar refractivity (Wildman–Crippen MR) is 74.5 cm³/mol. The topological polar surface area (TPSA) is 29.5 Å². The van der Waals surface area contributed by atoms with Crippen LogP contribution in [0, 0.1) is 17.4 Å². The van der Waals surface area contributed by atoms with Gasteiger partial charge in [0.1, 0.15) is 14.2 Å². The van der Waals surface area contributed by atoms with Crippen molar-refractivity contribution in [3.05, 3.63) is 0 Å². The lowest BCUT2D eigenvalue weighted by Crippen LogP contribution is -2.35. The van der Waals surface area contributed by atoms with E-state index in [1.807, 2.05) is 0 Å². The molecule has 17 heavy (non-hydrogen) atoms. The summed E-state index contributed by atoms with van der Waals surface area (Å²) in [7, 11) is 0.265. The Morgan fingerprint density at radius 3 is 2.24 bits per heavy atom. The van der Waals surface area contributed by atoms with Gasteiger partial charge in [0, 0.05) is 7.11 Å². The van der Waals surface area contributed by atoms with E-state index in [1.165, 1.54) is 19.3 Å². The number of aliphatic hydroxyl groups excluding tert-OH is 1. The first kappa shape index (κ1) is 14.8. The summed E-state index contributed by atoms with van der Waals surface area (Å²) in [6.07, 6.45) is 5.31. The highest BCUT2D eigenvalue weighted by atomic mass is 28.3. The Kier molecular flexibility index (Phi) is 5.71. The molecule has 0 aliphatic heterocycles. The SMILES string of the molecule is CO[C@H](C#C[Si](C)(C)C)[C@@H](O)C1CCCCC1. The minimum atomic E-state index is -1.38. The molecule has 0 aromatic carbocycles. The Morgan fingerprint density at radius 2 is 1.76 bits per heavy atom.